The van der Waals surface area contributed by atoms with Crippen molar-refractivity contribution in [3.05, 3.63) is 53.3 Å². The van der Waals surface area contributed by atoms with Crippen molar-refractivity contribution >= 4 is 33.0 Å². The average Bonchev–Trinajstić information content (AvgIpc) is 2.56. The van der Waals surface area contributed by atoms with E-state index in [-0.39, 0.29) is 22.1 Å². The van der Waals surface area contributed by atoms with Gasteiger partial charge in [-0.05, 0) is 42.5 Å². The lowest BCUT2D eigenvalue weighted by Gasteiger charge is -2.07. The first kappa shape index (κ1) is 18.2. The first-order valence-electron chi connectivity index (χ1n) is 6.93. The number of carbonyl (C=O) groups excluding carboxylic acids is 1. The summed E-state index contributed by atoms with van der Waals surface area (Å²) in [6, 6.07) is 9.63. The SMILES string of the molecule is COc1ccc(S(=O)(=O)CCC(=O)Nc2ccc(F)c(Cl)c2)cc1. The van der Waals surface area contributed by atoms with Gasteiger partial charge in [-0.1, -0.05) is 11.6 Å². The zero-order chi connectivity index (χ0) is 17.7. The average molecular weight is 372 g/mol. The van der Waals surface area contributed by atoms with Crippen LogP contribution in [0.5, 0.6) is 5.75 Å². The number of benzene rings is 2. The number of hydrogen-bond acceptors (Lipinski definition) is 4. The van der Waals surface area contributed by atoms with Crippen molar-refractivity contribution in [3.63, 3.8) is 0 Å². The van der Waals surface area contributed by atoms with Crippen LogP contribution in [0.3, 0.4) is 0 Å². The van der Waals surface area contributed by atoms with E-state index >= 15 is 0 Å². The normalized spacial score (nSPS) is 11.1. The molecule has 0 saturated carbocycles. The van der Waals surface area contributed by atoms with Gasteiger partial charge in [-0.25, -0.2) is 12.8 Å². The second-order valence-electron chi connectivity index (χ2n) is 4.92. The molecule has 2 rings (SSSR count). The van der Waals surface area contributed by atoms with Crippen LogP contribution in [0.25, 0.3) is 0 Å². The first-order valence-corrected chi connectivity index (χ1v) is 8.96. The van der Waals surface area contributed by atoms with E-state index in [9.17, 15) is 17.6 Å². The molecule has 1 amide bonds. The number of nitrogens with one attached hydrogen (secondary N) is 1. The summed E-state index contributed by atoms with van der Waals surface area (Å²) >= 11 is 5.62. The number of ether oxygens (including phenoxy) is 1. The van der Waals surface area contributed by atoms with Gasteiger partial charge in [0, 0.05) is 12.1 Å². The van der Waals surface area contributed by atoms with Crippen molar-refractivity contribution in [1.82, 2.24) is 0 Å². The van der Waals surface area contributed by atoms with Crippen LogP contribution in [0.4, 0.5) is 10.1 Å². The Bertz CT molecular complexity index is 838. The molecular weight excluding hydrogens is 357 g/mol. The molecule has 0 bridgehead atoms. The summed E-state index contributed by atoms with van der Waals surface area (Å²) in [5.74, 6) is -0.911. The number of sulfone groups is 1. The van der Waals surface area contributed by atoms with Crippen molar-refractivity contribution in [3.8, 4) is 5.75 Å². The lowest BCUT2D eigenvalue weighted by atomic mass is 10.3. The summed E-state index contributed by atoms with van der Waals surface area (Å²) in [6.07, 6.45) is -0.233. The van der Waals surface area contributed by atoms with Crippen molar-refractivity contribution in [2.24, 2.45) is 0 Å². The lowest BCUT2D eigenvalue weighted by molar-refractivity contribution is -0.115. The molecule has 5 nitrogen and oxygen atoms in total. The maximum atomic E-state index is 13.0. The number of hydrogen-bond donors (Lipinski definition) is 1. The van der Waals surface area contributed by atoms with Crippen molar-refractivity contribution < 1.29 is 22.3 Å². The van der Waals surface area contributed by atoms with Gasteiger partial charge in [-0.15, -0.1) is 0 Å². The van der Waals surface area contributed by atoms with Gasteiger partial charge in [0.1, 0.15) is 11.6 Å². The second-order valence-corrected chi connectivity index (χ2v) is 7.44. The molecule has 0 atom stereocenters. The zero-order valence-corrected chi connectivity index (χ0v) is 14.3. The third-order valence-corrected chi connectivity index (χ3v) is 5.24. The Labute approximate surface area is 144 Å². The first-order chi connectivity index (χ1) is 11.3. The van der Waals surface area contributed by atoms with Gasteiger partial charge in [0.2, 0.25) is 5.91 Å². The molecule has 1 N–H and O–H groups in total. The highest BCUT2D eigenvalue weighted by Crippen LogP contribution is 2.20. The van der Waals surface area contributed by atoms with E-state index < -0.39 is 21.6 Å². The van der Waals surface area contributed by atoms with Crippen LogP contribution in [0.2, 0.25) is 5.02 Å². The number of amides is 1. The minimum atomic E-state index is -3.59. The molecule has 0 radical (unpaired) electrons. The van der Waals surface area contributed by atoms with E-state index in [4.69, 9.17) is 16.3 Å². The highest BCUT2D eigenvalue weighted by atomic mass is 35.5. The van der Waals surface area contributed by atoms with Gasteiger partial charge < -0.3 is 10.1 Å². The van der Waals surface area contributed by atoms with Crippen molar-refractivity contribution in [2.75, 3.05) is 18.2 Å². The Hall–Kier alpha value is -2.12. The predicted octanol–water partition coefficient (Wildman–Crippen LogP) is 3.29. The fraction of sp³-hybridized carbons (Fsp3) is 0.188. The van der Waals surface area contributed by atoms with Crippen molar-refractivity contribution in [1.29, 1.82) is 0 Å². The molecular formula is C16H15ClFNO4S. The summed E-state index contributed by atoms with van der Waals surface area (Å²) in [5.41, 5.74) is 0.299. The molecule has 0 fully saturated rings. The lowest BCUT2D eigenvalue weighted by Crippen LogP contribution is -2.17. The summed E-state index contributed by atoms with van der Waals surface area (Å²) < 4.78 is 42.4. The minimum absolute atomic E-state index is 0.112. The summed E-state index contributed by atoms with van der Waals surface area (Å²) in [7, 11) is -2.11. The van der Waals surface area contributed by atoms with E-state index in [1.165, 1.54) is 43.5 Å². The van der Waals surface area contributed by atoms with Crippen LogP contribution in [-0.2, 0) is 14.6 Å². The molecule has 8 heteroatoms. The summed E-state index contributed by atoms with van der Waals surface area (Å²) in [5, 5.41) is 2.35. The zero-order valence-electron chi connectivity index (χ0n) is 12.8. The van der Waals surface area contributed by atoms with Gasteiger partial charge in [0.05, 0.1) is 22.8 Å². The Morgan fingerprint density at radius 2 is 1.88 bits per heavy atom. The molecule has 0 heterocycles. The molecule has 0 aliphatic heterocycles. The molecule has 0 spiro atoms. The van der Waals surface area contributed by atoms with E-state index in [1.54, 1.807) is 0 Å². The third-order valence-electron chi connectivity index (χ3n) is 3.22. The van der Waals surface area contributed by atoms with Gasteiger partial charge in [0.15, 0.2) is 9.84 Å². The highest BCUT2D eigenvalue weighted by Gasteiger charge is 2.17. The molecule has 0 saturated heterocycles. The number of rotatable bonds is 6. The molecule has 0 aromatic heterocycles. The standard InChI is InChI=1S/C16H15ClFNO4S/c1-23-12-3-5-13(6-4-12)24(21,22)9-8-16(20)19-11-2-7-15(18)14(17)10-11/h2-7,10H,8-9H2,1H3,(H,19,20). The maximum Gasteiger partial charge on any atom is 0.225 e. The maximum absolute atomic E-state index is 13.0. The number of halogens is 2. The smallest absolute Gasteiger partial charge is 0.225 e. The molecule has 2 aromatic rings. The van der Waals surface area contributed by atoms with E-state index in [0.717, 1.165) is 6.07 Å². The Kier molecular flexibility index (Phi) is 5.80. The van der Waals surface area contributed by atoms with Crippen LogP contribution in [-0.4, -0.2) is 27.2 Å². The van der Waals surface area contributed by atoms with Crippen LogP contribution < -0.4 is 10.1 Å². The van der Waals surface area contributed by atoms with Crippen LogP contribution in [0.15, 0.2) is 47.4 Å². The van der Waals surface area contributed by atoms with Gasteiger partial charge in [-0.2, -0.15) is 0 Å². The molecule has 0 unspecified atom stereocenters. The van der Waals surface area contributed by atoms with Crippen LogP contribution >= 0.6 is 11.6 Å². The Balaban J connectivity index is 1.97. The fourth-order valence-corrected chi connectivity index (χ4v) is 3.35. The monoisotopic (exact) mass is 371 g/mol. The van der Waals surface area contributed by atoms with Gasteiger partial charge >= 0.3 is 0 Å². The molecule has 2 aromatic carbocycles. The Morgan fingerprint density at radius 1 is 1.21 bits per heavy atom. The second kappa shape index (κ2) is 7.63. The minimum Gasteiger partial charge on any atom is -0.497 e. The molecule has 0 aliphatic carbocycles. The van der Waals surface area contributed by atoms with E-state index in [0.29, 0.717) is 11.4 Å². The van der Waals surface area contributed by atoms with Crippen molar-refractivity contribution in [2.45, 2.75) is 11.3 Å². The summed E-state index contributed by atoms with van der Waals surface area (Å²) in [6.45, 7) is 0. The quantitative estimate of drug-likeness (QED) is 0.845. The largest absolute Gasteiger partial charge is 0.497 e. The fourth-order valence-electron chi connectivity index (χ4n) is 1.93. The Morgan fingerprint density at radius 3 is 2.46 bits per heavy atom. The summed E-state index contributed by atoms with van der Waals surface area (Å²) in [4.78, 5) is 12.0. The third kappa shape index (κ3) is 4.69. The van der Waals surface area contributed by atoms with Gasteiger partial charge in [-0.3, -0.25) is 4.79 Å². The molecule has 24 heavy (non-hydrogen) atoms. The van der Waals surface area contributed by atoms with Crippen LogP contribution in [0, 0.1) is 5.82 Å². The number of anilines is 1. The van der Waals surface area contributed by atoms with E-state index in [1.807, 2.05) is 0 Å². The van der Waals surface area contributed by atoms with Crippen LogP contribution in [0.1, 0.15) is 6.42 Å². The highest BCUT2D eigenvalue weighted by molar-refractivity contribution is 7.91. The predicted molar refractivity (Wildman–Crippen MR) is 89.7 cm³/mol. The molecule has 128 valence electrons. The molecule has 0 aliphatic rings. The van der Waals surface area contributed by atoms with E-state index in [2.05, 4.69) is 5.32 Å². The number of carbonyl (C=O) groups is 1. The topological polar surface area (TPSA) is 72.5 Å². The number of methoxy groups -OCH3 is 1. The van der Waals surface area contributed by atoms with Gasteiger partial charge in [0.25, 0.3) is 0 Å².